The average molecular weight is 404 g/mol. The third kappa shape index (κ3) is 4.05. The second-order valence-corrected chi connectivity index (χ2v) is 7.29. The second-order valence-electron chi connectivity index (χ2n) is 7.29. The number of carbonyl (C=O) groups is 2. The Hall–Kier alpha value is -3.61. The van der Waals surface area contributed by atoms with E-state index in [4.69, 9.17) is 4.74 Å². The number of fused-ring (bicyclic) bond motifs is 1. The number of amides is 2. The van der Waals surface area contributed by atoms with Crippen LogP contribution in [0.1, 0.15) is 42.4 Å². The highest BCUT2D eigenvalue weighted by Crippen LogP contribution is 2.42. The molecule has 0 spiro atoms. The van der Waals surface area contributed by atoms with Crippen molar-refractivity contribution in [2.45, 2.75) is 32.2 Å². The fourth-order valence-electron chi connectivity index (χ4n) is 3.73. The van der Waals surface area contributed by atoms with E-state index < -0.39 is 0 Å². The van der Waals surface area contributed by atoms with Crippen molar-refractivity contribution >= 4 is 23.2 Å². The fourth-order valence-corrected chi connectivity index (χ4v) is 3.73. The summed E-state index contributed by atoms with van der Waals surface area (Å²) in [4.78, 5) is 24.2. The van der Waals surface area contributed by atoms with Gasteiger partial charge >= 0.3 is 0 Å². The van der Waals surface area contributed by atoms with E-state index >= 15 is 0 Å². The quantitative estimate of drug-likeness (QED) is 0.655. The van der Waals surface area contributed by atoms with Crippen molar-refractivity contribution < 1.29 is 14.3 Å². The van der Waals surface area contributed by atoms with Crippen LogP contribution in [0.4, 0.5) is 11.4 Å². The van der Waals surface area contributed by atoms with Crippen LogP contribution in [0.25, 0.3) is 0 Å². The lowest BCUT2D eigenvalue weighted by Gasteiger charge is -2.27. The summed E-state index contributed by atoms with van der Waals surface area (Å²) in [5.74, 6) is 0.329. The Balaban J connectivity index is 1.65. The van der Waals surface area contributed by atoms with Crippen LogP contribution < -0.4 is 15.4 Å². The van der Waals surface area contributed by atoms with Gasteiger partial charge in [-0.05, 0) is 34.9 Å². The summed E-state index contributed by atoms with van der Waals surface area (Å²) in [6.07, 6.45) is 4.41. The molecule has 1 aliphatic heterocycles. The lowest BCUT2D eigenvalue weighted by atomic mass is 9.84. The van der Waals surface area contributed by atoms with Gasteiger partial charge in [-0.25, -0.2) is 0 Å². The highest BCUT2D eigenvalue weighted by molar-refractivity contribution is 5.98. The zero-order chi connectivity index (χ0) is 21.1. The summed E-state index contributed by atoms with van der Waals surface area (Å²) in [6.45, 7) is 2.48. The van der Waals surface area contributed by atoms with E-state index in [1.54, 1.807) is 26.3 Å². The van der Waals surface area contributed by atoms with Crippen molar-refractivity contribution in [2.24, 2.45) is 0 Å². The van der Waals surface area contributed by atoms with Crippen molar-refractivity contribution in [2.75, 3.05) is 17.7 Å². The minimum atomic E-state index is -0.111. The second kappa shape index (κ2) is 8.41. The molecule has 7 heteroatoms. The van der Waals surface area contributed by atoms with Gasteiger partial charge in [0.15, 0.2) is 0 Å². The third-order valence-electron chi connectivity index (χ3n) is 5.29. The number of nitrogens with zero attached hydrogens (tertiary/aromatic N) is 2. The molecule has 30 heavy (non-hydrogen) atoms. The summed E-state index contributed by atoms with van der Waals surface area (Å²) in [7, 11) is 1.57. The Morgan fingerprint density at radius 1 is 1.30 bits per heavy atom. The van der Waals surface area contributed by atoms with E-state index in [9.17, 15) is 9.59 Å². The van der Waals surface area contributed by atoms with Gasteiger partial charge in [-0.3, -0.25) is 14.3 Å². The first-order valence-corrected chi connectivity index (χ1v) is 9.95. The monoisotopic (exact) mass is 404 g/mol. The molecule has 0 radical (unpaired) electrons. The molecular formula is C23H24N4O3. The first-order chi connectivity index (χ1) is 14.6. The Kier molecular flexibility index (Phi) is 5.52. The molecule has 2 aromatic carbocycles. The van der Waals surface area contributed by atoms with E-state index in [-0.39, 0.29) is 17.7 Å². The van der Waals surface area contributed by atoms with Gasteiger partial charge in [0.05, 0.1) is 19.3 Å². The molecule has 2 amide bonds. The van der Waals surface area contributed by atoms with E-state index in [1.165, 1.54) is 0 Å². The van der Waals surface area contributed by atoms with E-state index in [0.29, 0.717) is 36.5 Å². The van der Waals surface area contributed by atoms with Crippen LogP contribution in [0.2, 0.25) is 0 Å². The van der Waals surface area contributed by atoms with Gasteiger partial charge in [-0.1, -0.05) is 31.2 Å². The van der Waals surface area contributed by atoms with Crippen LogP contribution in [0, 0.1) is 0 Å². The molecular weight excluding hydrogens is 380 g/mol. The van der Waals surface area contributed by atoms with Crippen molar-refractivity contribution in [1.29, 1.82) is 0 Å². The van der Waals surface area contributed by atoms with E-state index in [0.717, 1.165) is 16.7 Å². The van der Waals surface area contributed by atoms with Crippen molar-refractivity contribution in [1.82, 2.24) is 9.78 Å². The zero-order valence-corrected chi connectivity index (χ0v) is 17.0. The average Bonchev–Trinajstić information content (AvgIpc) is 3.26. The minimum Gasteiger partial charge on any atom is -0.495 e. The zero-order valence-electron chi connectivity index (χ0n) is 17.0. The van der Waals surface area contributed by atoms with E-state index in [2.05, 4.69) is 40.0 Å². The molecule has 1 unspecified atom stereocenters. The Labute approximate surface area is 175 Å². The van der Waals surface area contributed by atoms with Gasteiger partial charge in [0.1, 0.15) is 5.75 Å². The Bertz CT molecular complexity index is 1060. The van der Waals surface area contributed by atoms with Crippen LogP contribution in [0.15, 0.2) is 54.9 Å². The first kappa shape index (κ1) is 19.7. The highest BCUT2D eigenvalue weighted by Gasteiger charge is 2.28. The topological polar surface area (TPSA) is 85.2 Å². The van der Waals surface area contributed by atoms with Crippen molar-refractivity contribution in [3.05, 3.63) is 71.5 Å². The van der Waals surface area contributed by atoms with Gasteiger partial charge in [0.25, 0.3) is 0 Å². The summed E-state index contributed by atoms with van der Waals surface area (Å²) in [6, 6.07) is 13.8. The van der Waals surface area contributed by atoms with Crippen LogP contribution in [0.5, 0.6) is 5.75 Å². The number of hydrogen-bond acceptors (Lipinski definition) is 4. The van der Waals surface area contributed by atoms with Crippen LogP contribution in [0.3, 0.4) is 0 Å². The lowest BCUT2D eigenvalue weighted by molar-refractivity contribution is -0.117. The van der Waals surface area contributed by atoms with Crippen LogP contribution in [-0.2, 0) is 16.1 Å². The smallest absolute Gasteiger partial charge is 0.225 e. The number of methoxy groups -OCH3 is 1. The molecule has 3 aromatic rings. The van der Waals surface area contributed by atoms with Gasteiger partial charge in [0.2, 0.25) is 11.8 Å². The molecule has 2 heterocycles. The highest BCUT2D eigenvalue weighted by atomic mass is 16.5. The summed E-state index contributed by atoms with van der Waals surface area (Å²) in [5.41, 5.74) is 4.42. The molecule has 0 aliphatic carbocycles. The maximum Gasteiger partial charge on any atom is 0.225 e. The fraction of sp³-hybridized carbons (Fsp3) is 0.261. The van der Waals surface area contributed by atoms with Crippen LogP contribution >= 0.6 is 0 Å². The number of rotatable bonds is 6. The summed E-state index contributed by atoms with van der Waals surface area (Å²) >= 11 is 0. The number of aromatic nitrogens is 2. The Morgan fingerprint density at radius 3 is 2.77 bits per heavy atom. The molecule has 0 fully saturated rings. The predicted molar refractivity (Wildman–Crippen MR) is 115 cm³/mol. The molecule has 1 aliphatic rings. The molecule has 0 saturated heterocycles. The van der Waals surface area contributed by atoms with Gasteiger partial charge in [0, 0.05) is 36.8 Å². The molecule has 4 rings (SSSR count). The van der Waals surface area contributed by atoms with Gasteiger partial charge in [-0.2, -0.15) is 5.10 Å². The molecule has 1 atom stereocenters. The van der Waals surface area contributed by atoms with Crippen molar-refractivity contribution in [3.8, 4) is 5.75 Å². The SMILES string of the molecule is CCC(=O)Nc1cc2c(cc1OC)C(c1ccc(Cn3cccn3)cc1)CC(=O)N2. The molecule has 7 nitrogen and oxygen atoms in total. The molecule has 154 valence electrons. The molecule has 2 N–H and O–H groups in total. The number of ether oxygens (including phenoxy) is 1. The lowest BCUT2D eigenvalue weighted by Crippen LogP contribution is -2.24. The standard InChI is InChI=1S/C23H24N4O3/c1-3-22(28)26-20-13-19-18(11-21(20)30-2)17(12-23(29)25-19)16-7-5-15(6-8-16)14-27-10-4-9-24-27/h4-11,13,17H,3,12,14H2,1-2H3,(H,25,29)(H,26,28). The number of hydrogen-bond donors (Lipinski definition) is 2. The van der Waals surface area contributed by atoms with E-state index in [1.807, 2.05) is 23.0 Å². The minimum absolute atomic E-state index is 0.0500. The molecule has 0 bridgehead atoms. The maximum absolute atomic E-state index is 12.4. The largest absolute Gasteiger partial charge is 0.495 e. The Morgan fingerprint density at radius 2 is 2.10 bits per heavy atom. The van der Waals surface area contributed by atoms with Crippen molar-refractivity contribution in [3.63, 3.8) is 0 Å². The number of carbonyl (C=O) groups excluding carboxylic acids is 2. The number of anilines is 2. The number of benzene rings is 2. The van der Waals surface area contributed by atoms with Crippen LogP contribution in [-0.4, -0.2) is 28.7 Å². The normalized spacial score (nSPS) is 15.3. The summed E-state index contributed by atoms with van der Waals surface area (Å²) in [5, 5.41) is 10.00. The molecule has 0 saturated carbocycles. The molecule has 1 aromatic heterocycles. The summed E-state index contributed by atoms with van der Waals surface area (Å²) < 4.78 is 7.38. The predicted octanol–water partition coefficient (Wildman–Crippen LogP) is 3.76. The maximum atomic E-state index is 12.4. The van der Waals surface area contributed by atoms with Gasteiger partial charge in [-0.15, -0.1) is 0 Å². The third-order valence-corrected chi connectivity index (χ3v) is 5.29. The van der Waals surface area contributed by atoms with Gasteiger partial charge < -0.3 is 15.4 Å². The number of nitrogens with one attached hydrogen (secondary N) is 2. The first-order valence-electron chi connectivity index (χ1n) is 9.95.